The van der Waals surface area contributed by atoms with Crippen LogP contribution in [0, 0.1) is 6.92 Å². The van der Waals surface area contributed by atoms with E-state index in [0.29, 0.717) is 23.0 Å². The van der Waals surface area contributed by atoms with E-state index in [4.69, 9.17) is 9.47 Å². The fourth-order valence-electron chi connectivity index (χ4n) is 1.56. The van der Waals surface area contributed by atoms with Crippen molar-refractivity contribution >= 4 is 11.5 Å². The molecule has 7 nitrogen and oxygen atoms in total. The fourth-order valence-corrected chi connectivity index (χ4v) is 1.56. The van der Waals surface area contributed by atoms with Gasteiger partial charge in [0.25, 0.3) is 0 Å². The van der Waals surface area contributed by atoms with Gasteiger partial charge in [-0.25, -0.2) is 9.89 Å². The Morgan fingerprint density at radius 2 is 1.95 bits per heavy atom. The minimum Gasteiger partial charge on any atom is -0.493 e. The van der Waals surface area contributed by atoms with Crippen LogP contribution in [-0.2, 0) is 0 Å². The Labute approximate surface area is 109 Å². The first-order valence-electron chi connectivity index (χ1n) is 5.56. The van der Waals surface area contributed by atoms with Crippen LogP contribution in [0.4, 0.5) is 11.5 Å². The molecule has 0 atom stereocenters. The molecule has 7 heteroatoms. The molecule has 0 unspecified atom stereocenters. The van der Waals surface area contributed by atoms with Crippen LogP contribution in [0.1, 0.15) is 5.69 Å². The van der Waals surface area contributed by atoms with Crippen molar-refractivity contribution in [2.24, 2.45) is 0 Å². The Morgan fingerprint density at radius 1 is 1.21 bits per heavy atom. The molecule has 2 rings (SSSR count). The van der Waals surface area contributed by atoms with E-state index in [9.17, 15) is 4.79 Å². The summed E-state index contributed by atoms with van der Waals surface area (Å²) in [5, 5.41) is 9.11. The first kappa shape index (κ1) is 12.9. The molecule has 0 aliphatic rings. The molecule has 1 aromatic carbocycles. The van der Waals surface area contributed by atoms with E-state index in [1.165, 1.54) is 0 Å². The predicted octanol–water partition coefficient (Wildman–Crippen LogP) is 1.23. The number of methoxy groups -OCH3 is 2. The smallest absolute Gasteiger partial charge is 0.363 e. The van der Waals surface area contributed by atoms with Crippen LogP contribution in [0.15, 0.2) is 23.0 Å². The quantitative estimate of drug-likeness (QED) is 0.861. The summed E-state index contributed by atoms with van der Waals surface area (Å²) in [4.78, 5) is 15.0. The zero-order valence-corrected chi connectivity index (χ0v) is 10.9. The van der Waals surface area contributed by atoms with Gasteiger partial charge in [0.2, 0.25) is 0 Å². The molecule has 0 radical (unpaired) electrons. The fraction of sp³-hybridized carbons (Fsp3) is 0.250. The number of benzene rings is 1. The van der Waals surface area contributed by atoms with Crippen LogP contribution in [0.3, 0.4) is 0 Å². The highest BCUT2D eigenvalue weighted by molar-refractivity contribution is 5.62. The van der Waals surface area contributed by atoms with Gasteiger partial charge in [0.05, 0.1) is 14.2 Å². The van der Waals surface area contributed by atoms with E-state index >= 15 is 0 Å². The van der Waals surface area contributed by atoms with Crippen molar-refractivity contribution in [3.63, 3.8) is 0 Å². The van der Waals surface area contributed by atoms with Crippen molar-refractivity contribution < 1.29 is 9.47 Å². The first-order valence-corrected chi connectivity index (χ1v) is 5.56. The molecular formula is C12H14N4O3. The van der Waals surface area contributed by atoms with Crippen LogP contribution in [0.5, 0.6) is 11.5 Å². The van der Waals surface area contributed by atoms with Gasteiger partial charge in [-0.2, -0.15) is 10.1 Å². The van der Waals surface area contributed by atoms with Crippen molar-refractivity contribution in [2.75, 3.05) is 19.5 Å². The maximum absolute atomic E-state index is 11.1. The van der Waals surface area contributed by atoms with Gasteiger partial charge in [-0.1, -0.05) is 0 Å². The number of nitrogens with zero attached hydrogens (tertiary/aromatic N) is 2. The molecule has 1 aromatic heterocycles. The number of hydrogen-bond acceptors (Lipinski definition) is 6. The van der Waals surface area contributed by atoms with E-state index < -0.39 is 5.69 Å². The Balaban J connectivity index is 2.33. The second-order valence-electron chi connectivity index (χ2n) is 3.77. The molecule has 0 aliphatic carbocycles. The lowest BCUT2D eigenvalue weighted by Gasteiger charge is -2.11. The minimum atomic E-state index is -0.506. The maximum atomic E-state index is 11.1. The lowest BCUT2D eigenvalue weighted by Crippen LogP contribution is -2.15. The molecule has 2 aromatic rings. The normalized spacial score (nSPS) is 10.1. The number of aromatic amines is 1. The van der Waals surface area contributed by atoms with Gasteiger partial charge in [0.15, 0.2) is 17.3 Å². The summed E-state index contributed by atoms with van der Waals surface area (Å²) in [6.07, 6.45) is 0. The van der Waals surface area contributed by atoms with Gasteiger partial charge in [-0.15, -0.1) is 0 Å². The third-order valence-corrected chi connectivity index (χ3v) is 2.52. The Bertz CT molecular complexity index is 639. The molecule has 0 fully saturated rings. The maximum Gasteiger partial charge on any atom is 0.363 e. The average Bonchev–Trinajstić information content (AvgIpc) is 2.42. The third kappa shape index (κ3) is 2.82. The van der Waals surface area contributed by atoms with Crippen molar-refractivity contribution in [1.29, 1.82) is 0 Å². The van der Waals surface area contributed by atoms with Crippen LogP contribution in [0.25, 0.3) is 0 Å². The number of anilines is 2. The SMILES string of the molecule is COc1ccc(Nc2nc(=O)[nH]nc2C)cc1OC. The number of rotatable bonds is 4. The number of aromatic nitrogens is 3. The van der Waals surface area contributed by atoms with Crippen molar-refractivity contribution in [1.82, 2.24) is 15.2 Å². The van der Waals surface area contributed by atoms with E-state index in [2.05, 4.69) is 20.5 Å². The summed E-state index contributed by atoms with van der Waals surface area (Å²) in [5.41, 5.74) is 0.809. The topological polar surface area (TPSA) is 89.1 Å². The second-order valence-corrected chi connectivity index (χ2v) is 3.77. The lowest BCUT2D eigenvalue weighted by molar-refractivity contribution is 0.355. The van der Waals surface area contributed by atoms with Gasteiger partial charge >= 0.3 is 5.69 Å². The van der Waals surface area contributed by atoms with Crippen LogP contribution in [0.2, 0.25) is 0 Å². The van der Waals surface area contributed by atoms with Crippen molar-refractivity contribution in [2.45, 2.75) is 6.92 Å². The zero-order valence-electron chi connectivity index (χ0n) is 10.9. The highest BCUT2D eigenvalue weighted by Crippen LogP contribution is 2.30. The van der Waals surface area contributed by atoms with E-state index in [0.717, 1.165) is 5.69 Å². The summed E-state index contributed by atoms with van der Waals surface area (Å²) < 4.78 is 10.3. The number of ether oxygens (including phenoxy) is 2. The van der Waals surface area contributed by atoms with Crippen LogP contribution in [-0.4, -0.2) is 29.4 Å². The summed E-state index contributed by atoms with van der Waals surface area (Å²) in [6, 6.07) is 5.31. The summed E-state index contributed by atoms with van der Waals surface area (Å²) in [6.45, 7) is 1.74. The molecule has 100 valence electrons. The van der Waals surface area contributed by atoms with Crippen LogP contribution < -0.4 is 20.5 Å². The number of nitrogens with one attached hydrogen (secondary N) is 2. The molecule has 19 heavy (non-hydrogen) atoms. The van der Waals surface area contributed by atoms with Gasteiger partial charge in [0, 0.05) is 11.8 Å². The Morgan fingerprint density at radius 3 is 2.63 bits per heavy atom. The average molecular weight is 262 g/mol. The molecule has 0 aliphatic heterocycles. The lowest BCUT2D eigenvalue weighted by atomic mass is 10.2. The molecule has 0 bridgehead atoms. The van der Waals surface area contributed by atoms with Gasteiger partial charge in [0.1, 0.15) is 5.69 Å². The van der Waals surface area contributed by atoms with E-state index in [1.54, 1.807) is 39.3 Å². The molecular weight excluding hydrogens is 248 g/mol. The molecule has 2 N–H and O–H groups in total. The standard InChI is InChI=1S/C12H14N4O3/c1-7-11(14-12(17)16-15-7)13-8-4-5-9(18-2)10(6-8)19-3/h4-6H,1-3H3,(H2,13,14,16,17). The Hall–Kier alpha value is -2.57. The molecule has 0 spiro atoms. The highest BCUT2D eigenvalue weighted by atomic mass is 16.5. The molecule has 0 amide bonds. The second kappa shape index (κ2) is 5.38. The minimum absolute atomic E-state index is 0.399. The molecule has 0 saturated heterocycles. The van der Waals surface area contributed by atoms with E-state index in [-0.39, 0.29) is 0 Å². The molecule has 0 saturated carbocycles. The van der Waals surface area contributed by atoms with Crippen LogP contribution >= 0.6 is 0 Å². The zero-order chi connectivity index (χ0) is 13.8. The summed E-state index contributed by atoms with van der Waals surface area (Å²) in [5.74, 6) is 1.61. The van der Waals surface area contributed by atoms with Crippen molar-refractivity contribution in [3.8, 4) is 11.5 Å². The Kier molecular flexibility index (Phi) is 3.65. The highest BCUT2D eigenvalue weighted by Gasteiger charge is 2.07. The summed E-state index contributed by atoms with van der Waals surface area (Å²) >= 11 is 0. The summed E-state index contributed by atoms with van der Waals surface area (Å²) in [7, 11) is 3.12. The third-order valence-electron chi connectivity index (χ3n) is 2.52. The number of hydrogen-bond donors (Lipinski definition) is 2. The number of H-pyrrole nitrogens is 1. The molecule has 1 heterocycles. The first-order chi connectivity index (χ1) is 9.13. The van der Waals surface area contributed by atoms with Gasteiger partial charge < -0.3 is 14.8 Å². The number of aryl methyl sites for hydroxylation is 1. The van der Waals surface area contributed by atoms with Gasteiger partial charge in [-0.05, 0) is 19.1 Å². The van der Waals surface area contributed by atoms with E-state index in [1.807, 2.05) is 0 Å². The van der Waals surface area contributed by atoms with Gasteiger partial charge in [-0.3, -0.25) is 0 Å². The van der Waals surface area contributed by atoms with Crippen molar-refractivity contribution in [3.05, 3.63) is 34.4 Å². The predicted molar refractivity (Wildman–Crippen MR) is 70.2 cm³/mol. The monoisotopic (exact) mass is 262 g/mol. The largest absolute Gasteiger partial charge is 0.493 e.